The Labute approximate surface area is 176 Å². The zero-order valence-corrected chi connectivity index (χ0v) is 17.1. The van der Waals surface area contributed by atoms with Crippen molar-refractivity contribution in [3.63, 3.8) is 0 Å². The summed E-state index contributed by atoms with van der Waals surface area (Å²) < 4.78 is 2.11. The predicted molar refractivity (Wildman–Crippen MR) is 121 cm³/mol. The van der Waals surface area contributed by atoms with E-state index in [0.29, 0.717) is 5.95 Å². The van der Waals surface area contributed by atoms with Crippen molar-refractivity contribution in [3.05, 3.63) is 83.2 Å². The first-order valence-electron chi connectivity index (χ1n) is 10.5. The van der Waals surface area contributed by atoms with Crippen LogP contribution in [0.25, 0.3) is 16.9 Å². The van der Waals surface area contributed by atoms with Gasteiger partial charge in [0.1, 0.15) is 5.82 Å². The normalized spacial score (nSPS) is 14.5. The lowest BCUT2D eigenvalue weighted by Crippen LogP contribution is -2.27. The van der Waals surface area contributed by atoms with Crippen molar-refractivity contribution in [1.29, 1.82) is 0 Å². The number of hydrogen-bond donors (Lipinski definition) is 3. The first-order chi connectivity index (χ1) is 14.7. The van der Waals surface area contributed by atoms with Gasteiger partial charge in [-0.3, -0.25) is 4.57 Å². The summed E-state index contributed by atoms with van der Waals surface area (Å²) in [5, 5.41) is 8.14. The number of benzene rings is 2. The van der Waals surface area contributed by atoms with Crippen molar-refractivity contribution in [2.75, 3.05) is 11.9 Å². The average Bonchev–Trinajstić information content (AvgIpc) is 3.18. The summed E-state index contributed by atoms with van der Waals surface area (Å²) in [5.41, 5.74) is 11.9. The smallest absolute Gasteiger partial charge is 0.236 e. The van der Waals surface area contributed by atoms with Crippen molar-refractivity contribution < 1.29 is 0 Å². The van der Waals surface area contributed by atoms with Gasteiger partial charge in [-0.1, -0.05) is 48.5 Å². The van der Waals surface area contributed by atoms with Crippen LogP contribution in [-0.4, -0.2) is 21.1 Å². The first-order valence-corrected chi connectivity index (χ1v) is 10.5. The van der Waals surface area contributed by atoms with E-state index in [9.17, 15) is 0 Å². The number of hydrogen-bond acceptors (Lipinski definition) is 5. The van der Waals surface area contributed by atoms with E-state index >= 15 is 0 Å². The van der Waals surface area contributed by atoms with E-state index in [0.717, 1.165) is 59.7 Å². The van der Waals surface area contributed by atoms with Crippen LogP contribution in [0.2, 0.25) is 0 Å². The van der Waals surface area contributed by atoms with Crippen LogP contribution in [0.1, 0.15) is 35.5 Å². The summed E-state index contributed by atoms with van der Waals surface area (Å²) in [6.45, 7) is 4.42. The highest BCUT2D eigenvalue weighted by atomic mass is 15.2. The molecule has 1 unspecified atom stereocenters. The molecule has 30 heavy (non-hydrogen) atoms. The summed E-state index contributed by atoms with van der Waals surface area (Å²) in [5.74, 6) is 1.57. The summed E-state index contributed by atoms with van der Waals surface area (Å²) in [4.78, 5) is 9.96. The Hall–Kier alpha value is -3.22. The maximum absolute atomic E-state index is 6.32. The second kappa shape index (κ2) is 7.89. The molecule has 4 N–H and O–H groups in total. The molecule has 2 aromatic carbocycles. The fraction of sp³-hybridized carbons (Fsp3) is 0.250. The second-order valence-corrected chi connectivity index (χ2v) is 7.82. The molecular weight excluding hydrogens is 372 g/mol. The highest BCUT2D eigenvalue weighted by Gasteiger charge is 2.21. The lowest BCUT2D eigenvalue weighted by Gasteiger charge is -2.22. The third kappa shape index (κ3) is 3.44. The van der Waals surface area contributed by atoms with Crippen LogP contribution >= 0.6 is 0 Å². The molecule has 0 aliphatic carbocycles. The third-order valence-corrected chi connectivity index (χ3v) is 5.63. The molecule has 3 heterocycles. The number of nitrogens with one attached hydrogen (secondary N) is 2. The van der Waals surface area contributed by atoms with Crippen LogP contribution in [0, 0.1) is 0 Å². The average molecular weight is 399 g/mol. The minimum Gasteiger partial charge on any atom is -0.366 e. The van der Waals surface area contributed by atoms with Crippen LogP contribution in [0.4, 0.5) is 5.82 Å². The highest BCUT2D eigenvalue weighted by molar-refractivity contribution is 5.83. The van der Waals surface area contributed by atoms with Crippen LogP contribution in [0.15, 0.2) is 60.7 Å². The SMILES string of the molecule is CC(N)c1cc2ccccc2n1-c1nc2c(c(NCc3ccccc3)n1)CNCC2. The largest absolute Gasteiger partial charge is 0.366 e. The maximum atomic E-state index is 6.32. The molecule has 1 atom stereocenters. The van der Waals surface area contributed by atoms with Gasteiger partial charge in [0, 0.05) is 48.7 Å². The number of rotatable bonds is 5. The highest BCUT2D eigenvalue weighted by Crippen LogP contribution is 2.29. The molecule has 0 amide bonds. The molecular formula is C24H26N6. The Bertz CT molecular complexity index is 1180. The molecule has 0 bridgehead atoms. The van der Waals surface area contributed by atoms with Gasteiger partial charge in [0.25, 0.3) is 0 Å². The molecule has 0 fully saturated rings. The van der Waals surface area contributed by atoms with Crippen molar-refractivity contribution in [2.45, 2.75) is 32.5 Å². The number of aromatic nitrogens is 3. The van der Waals surface area contributed by atoms with Crippen molar-refractivity contribution in [2.24, 2.45) is 5.73 Å². The molecule has 0 radical (unpaired) electrons. The van der Waals surface area contributed by atoms with Crippen molar-refractivity contribution >= 4 is 16.7 Å². The zero-order valence-electron chi connectivity index (χ0n) is 17.1. The molecule has 152 valence electrons. The monoisotopic (exact) mass is 398 g/mol. The Morgan fingerprint density at radius 2 is 1.90 bits per heavy atom. The molecule has 1 aliphatic rings. The molecule has 1 aliphatic heterocycles. The standard InChI is InChI=1S/C24H26N6/c1-16(25)22-13-18-9-5-6-10-21(18)30(22)24-28-20-11-12-26-15-19(20)23(29-24)27-14-17-7-3-2-4-8-17/h2-10,13,16,26H,11-12,14-15,25H2,1H3,(H,27,28,29). The lowest BCUT2D eigenvalue weighted by atomic mass is 10.1. The molecule has 4 aromatic rings. The molecule has 0 spiro atoms. The van der Waals surface area contributed by atoms with Crippen LogP contribution in [0.3, 0.4) is 0 Å². The van der Waals surface area contributed by atoms with Gasteiger partial charge in [0.05, 0.1) is 11.2 Å². The minimum absolute atomic E-state index is 0.126. The third-order valence-electron chi connectivity index (χ3n) is 5.63. The van der Waals surface area contributed by atoms with E-state index in [1.54, 1.807) is 0 Å². The molecule has 6 heteroatoms. The van der Waals surface area contributed by atoms with E-state index in [1.165, 1.54) is 5.56 Å². The molecule has 2 aromatic heterocycles. The van der Waals surface area contributed by atoms with Gasteiger partial charge in [-0.25, -0.2) is 4.98 Å². The Morgan fingerprint density at radius 1 is 1.10 bits per heavy atom. The van der Waals surface area contributed by atoms with Gasteiger partial charge in [-0.15, -0.1) is 0 Å². The van der Waals surface area contributed by atoms with Gasteiger partial charge < -0.3 is 16.4 Å². The number of nitrogens with two attached hydrogens (primary N) is 1. The Morgan fingerprint density at radius 3 is 2.73 bits per heavy atom. The van der Waals surface area contributed by atoms with E-state index in [-0.39, 0.29) is 6.04 Å². The first kappa shape index (κ1) is 18.8. The molecule has 5 rings (SSSR count). The Balaban J connectivity index is 1.63. The lowest BCUT2D eigenvalue weighted by molar-refractivity contribution is 0.622. The molecule has 0 saturated heterocycles. The number of para-hydroxylation sites is 1. The fourth-order valence-corrected chi connectivity index (χ4v) is 4.09. The van der Waals surface area contributed by atoms with Gasteiger partial charge in [-0.05, 0) is 24.6 Å². The van der Waals surface area contributed by atoms with E-state index < -0.39 is 0 Å². The van der Waals surface area contributed by atoms with Gasteiger partial charge >= 0.3 is 0 Å². The number of anilines is 1. The van der Waals surface area contributed by atoms with E-state index in [4.69, 9.17) is 15.7 Å². The zero-order chi connectivity index (χ0) is 20.5. The summed E-state index contributed by atoms with van der Waals surface area (Å²) >= 11 is 0. The van der Waals surface area contributed by atoms with Gasteiger partial charge in [0.15, 0.2) is 0 Å². The summed E-state index contributed by atoms with van der Waals surface area (Å²) in [6, 6.07) is 20.7. The number of fused-ring (bicyclic) bond motifs is 2. The topological polar surface area (TPSA) is 80.8 Å². The summed E-state index contributed by atoms with van der Waals surface area (Å²) in [6.07, 6.45) is 0.886. The van der Waals surface area contributed by atoms with Crippen LogP contribution < -0.4 is 16.4 Å². The molecule has 6 nitrogen and oxygen atoms in total. The summed E-state index contributed by atoms with van der Waals surface area (Å²) in [7, 11) is 0. The van der Waals surface area contributed by atoms with Crippen molar-refractivity contribution in [3.8, 4) is 5.95 Å². The number of nitrogens with zero attached hydrogens (tertiary/aromatic N) is 3. The van der Waals surface area contributed by atoms with Crippen molar-refractivity contribution in [1.82, 2.24) is 19.9 Å². The second-order valence-electron chi connectivity index (χ2n) is 7.82. The minimum atomic E-state index is -0.126. The molecule has 0 saturated carbocycles. The van der Waals surface area contributed by atoms with Crippen LogP contribution in [-0.2, 0) is 19.5 Å². The van der Waals surface area contributed by atoms with Crippen LogP contribution in [0.5, 0.6) is 0 Å². The van der Waals surface area contributed by atoms with Gasteiger partial charge in [-0.2, -0.15) is 4.98 Å². The predicted octanol–water partition coefficient (Wildman–Crippen LogP) is 3.70. The quantitative estimate of drug-likeness (QED) is 0.478. The van der Waals surface area contributed by atoms with Gasteiger partial charge in [0.2, 0.25) is 5.95 Å². The maximum Gasteiger partial charge on any atom is 0.236 e. The fourth-order valence-electron chi connectivity index (χ4n) is 4.09. The van der Waals surface area contributed by atoms with E-state index in [1.807, 2.05) is 25.1 Å². The Kier molecular flexibility index (Phi) is 4.94. The van der Waals surface area contributed by atoms with E-state index in [2.05, 4.69) is 57.7 Å².